The fourth-order valence-electron chi connectivity index (χ4n) is 4.10. The molecule has 0 radical (unpaired) electrons. The van der Waals surface area contributed by atoms with Gasteiger partial charge in [0.05, 0.1) is 30.4 Å². The molecule has 0 saturated carbocycles. The van der Waals surface area contributed by atoms with Crippen LogP contribution in [0.5, 0.6) is 11.5 Å². The molecule has 1 unspecified atom stereocenters. The molecule has 2 heterocycles. The molecule has 8 heteroatoms. The first kappa shape index (κ1) is 23.9. The topological polar surface area (TPSA) is 89.0 Å². The van der Waals surface area contributed by atoms with Gasteiger partial charge in [-0.15, -0.1) is 0 Å². The molecule has 0 bridgehead atoms. The maximum Gasteiger partial charge on any atom is 0.295 e. The maximum absolute atomic E-state index is 13.7. The van der Waals surface area contributed by atoms with E-state index in [0.717, 1.165) is 0 Å². The summed E-state index contributed by atoms with van der Waals surface area (Å²) in [5.41, 5.74) is 1.34. The van der Waals surface area contributed by atoms with Gasteiger partial charge in [0.2, 0.25) is 0 Å². The van der Waals surface area contributed by atoms with Crippen LogP contribution in [0.15, 0.2) is 72.6 Å². The van der Waals surface area contributed by atoms with E-state index in [-0.39, 0.29) is 23.4 Å². The van der Waals surface area contributed by atoms with Gasteiger partial charge in [0.25, 0.3) is 11.7 Å². The van der Waals surface area contributed by atoms with Gasteiger partial charge in [0.15, 0.2) is 0 Å². The largest absolute Gasteiger partial charge is 0.507 e. The van der Waals surface area contributed by atoms with Crippen LogP contribution >= 0.6 is 0 Å². The van der Waals surface area contributed by atoms with Crippen LogP contribution in [-0.2, 0) is 16.1 Å². The molecule has 1 atom stereocenters. The van der Waals surface area contributed by atoms with Crippen molar-refractivity contribution in [1.29, 1.82) is 0 Å². The van der Waals surface area contributed by atoms with E-state index in [1.54, 1.807) is 49.6 Å². The van der Waals surface area contributed by atoms with Crippen molar-refractivity contribution in [3.8, 4) is 11.5 Å². The van der Waals surface area contributed by atoms with E-state index in [1.807, 2.05) is 6.92 Å². The van der Waals surface area contributed by atoms with E-state index in [9.17, 15) is 19.1 Å². The summed E-state index contributed by atoms with van der Waals surface area (Å²) in [6, 6.07) is 12.9. The lowest BCUT2D eigenvalue weighted by atomic mass is 9.94. The van der Waals surface area contributed by atoms with Crippen molar-refractivity contribution in [2.75, 3.05) is 13.2 Å². The molecular formula is C27H25FN2O5. The van der Waals surface area contributed by atoms with Gasteiger partial charge in [0, 0.05) is 25.0 Å². The van der Waals surface area contributed by atoms with Crippen LogP contribution in [0.3, 0.4) is 0 Å². The minimum atomic E-state index is -0.933. The lowest BCUT2D eigenvalue weighted by Gasteiger charge is -2.25. The number of pyridine rings is 1. The first-order chi connectivity index (χ1) is 16.9. The van der Waals surface area contributed by atoms with Crippen molar-refractivity contribution in [2.24, 2.45) is 0 Å². The number of halogens is 1. The number of aliphatic hydroxyl groups excluding tert-OH is 1. The minimum absolute atomic E-state index is 0.0822. The molecule has 2 aromatic carbocycles. The van der Waals surface area contributed by atoms with E-state index in [1.165, 1.54) is 29.2 Å². The van der Waals surface area contributed by atoms with Gasteiger partial charge in [-0.1, -0.05) is 18.2 Å². The number of benzene rings is 2. The Balaban J connectivity index is 1.87. The molecule has 1 aromatic heterocycles. The summed E-state index contributed by atoms with van der Waals surface area (Å²) in [7, 11) is 0. The zero-order valence-electron chi connectivity index (χ0n) is 19.4. The summed E-state index contributed by atoms with van der Waals surface area (Å²) in [5.74, 6) is -1.58. The third kappa shape index (κ3) is 4.87. The highest BCUT2D eigenvalue weighted by Gasteiger charge is 2.46. The predicted octanol–water partition coefficient (Wildman–Crippen LogP) is 4.64. The summed E-state index contributed by atoms with van der Waals surface area (Å²) in [6.45, 7) is 4.48. The third-order valence-corrected chi connectivity index (χ3v) is 5.62. The van der Waals surface area contributed by atoms with E-state index < -0.39 is 23.5 Å². The van der Waals surface area contributed by atoms with Crippen molar-refractivity contribution >= 4 is 17.4 Å². The standard InChI is InChI=1S/C27H25FN2O5/c1-3-34-20-11-12-21(22(14-20)35-4-2)25(31)23-24(18-7-9-19(28)10-8-18)30(27(33)26(23)32)16-17-6-5-13-29-15-17/h5-15,24,31H,3-4,16H2,1-2H3/b25-23-. The molecular weight excluding hydrogens is 451 g/mol. The Hall–Kier alpha value is -4.20. The quantitative estimate of drug-likeness (QED) is 0.290. The number of carbonyl (C=O) groups excluding carboxylic acids is 2. The van der Waals surface area contributed by atoms with Crippen molar-refractivity contribution in [2.45, 2.75) is 26.4 Å². The normalized spacial score (nSPS) is 17.0. The lowest BCUT2D eigenvalue weighted by Crippen LogP contribution is -2.29. The van der Waals surface area contributed by atoms with Crippen LogP contribution in [0.4, 0.5) is 4.39 Å². The number of ketones is 1. The summed E-state index contributed by atoms with van der Waals surface area (Å²) in [4.78, 5) is 31.8. The molecule has 3 aromatic rings. The summed E-state index contributed by atoms with van der Waals surface area (Å²) >= 11 is 0. The number of likely N-dealkylation sites (tertiary alicyclic amines) is 1. The zero-order valence-corrected chi connectivity index (χ0v) is 19.4. The van der Waals surface area contributed by atoms with Gasteiger partial charge < -0.3 is 19.5 Å². The molecule has 1 aliphatic rings. The molecule has 0 aliphatic carbocycles. The van der Waals surface area contributed by atoms with Crippen LogP contribution in [0, 0.1) is 5.82 Å². The Morgan fingerprint density at radius 2 is 1.80 bits per heavy atom. The number of aliphatic hydroxyl groups is 1. The summed E-state index contributed by atoms with van der Waals surface area (Å²) in [5, 5.41) is 11.4. The molecule has 1 saturated heterocycles. The van der Waals surface area contributed by atoms with Gasteiger partial charge >= 0.3 is 0 Å². The number of ether oxygens (including phenoxy) is 2. The zero-order chi connectivity index (χ0) is 24.9. The number of Topliss-reactive ketones (excluding diaryl/α,β-unsaturated/α-hetero) is 1. The second-order valence-electron chi connectivity index (χ2n) is 7.86. The molecule has 35 heavy (non-hydrogen) atoms. The first-order valence-electron chi connectivity index (χ1n) is 11.3. The van der Waals surface area contributed by atoms with Crippen LogP contribution in [0.2, 0.25) is 0 Å². The van der Waals surface area contributed by atoms with Gasteiger partial charge in [-0.2, -0.15) is 0 Å². The lowest BCUT2D eigenvalue weighted by molar-refractivity contribution is -0.140. The Morgan fingerprint density at radius 1 is 1.06 bits per heavy atom. The number of hydrogen-bond donors (Lipinski definition) is 1. The highest BCUT2D eigenvalue weighted by atomic mass is 19.1. The monoisotopic (exact) mass is 476 g/mol. The first-order valence-corrected chi connectivity index (χ1v) is 11.3. The van der Waals surface area contributed by atoms with Gasteiger partial charge in [-0.25, -0.2) is 4.39 Å². The van der Waals surface area contributed by atoms with E-state index in [2.05, 4.69) is 4.98 Å². The van der Waals surface area contributed by atoms with Gasteiger partial charge in [-0.3, -0.25) is 14.6 Å². The van der Waals surface area contributed by atoms with Crippen LogP contribution < -0.4 is 9.47 Å². The number of aromatic nitrogens is 1. The average molecular weight is 477 g/mol. The van der Waals surface area contributed by atoms with Gasteiger partial charge in [0.1, 0.15) is 23.1 Å². The smallest absolute Gasteiger partial charge is 0.295 e. The number of carbonyl (C=O) groups is 2. The predicted molar refractivity (Wildman–Crippen MR) is 127 cm³/mol. The molecule has 180 valence electrons. The second-order valence-corrected chi connectivity index (χ2v) is 7.86. The fourth-order valence-corrected chi connectivity index (χ4v) is 4.10. The number of hydrogen-bond acceptors (Lipinski definition) is 6. The fraction of sp³-hybridized carbons (Fsp3) is 0.222. The highest BCUT2D eigenvalue weighted by Crippen LogP contribution is 2.42. The highest BCUT2D eigenvalue weighted by molar-refractivity contribution is 6.46. The second kappa shape index (κ2) is 10.4. The Bertz CT molecular complexity index is 1260. The number of nitrogens with zero attached hydrogens (tertiary/aromatic N) is 2. The van der Waals surface area contributed by atoms with Crippen molar-refractivity contribution in [3.05, 3.63) is 95.1 Å². The maximum atomic E-state index is 13.7. The molecule has 1 fully saturated rings. The van der Waals surface area contributed by atoms with Gasteiger partial charge in [-0.05, 0) is 55.3 Å². The van der Waals surface area contributed by atoms with Crippen molar-refractivity contribution in [1.82, 2.24) is 9.88 Å². The minimum Gasteiger partial charge on any atom is -0.507 e. The third-order valence-electron chi connectivity index (χ3n) is 5.62. The Kier molecular flexibility index (Phi) is 7.10. The van der Waals surface area contributed by atoms with Crippen molar-refractivity contribution < 1.29 is 28.6 Å². The van der Waals surface area contributed by atoms with Crippen LogP contribution in [0.25, 0.3) is 5.76 Å². The Morgan fingerprint density at radius 3 is 2.46 bits per heavy atom. The van der Waals surface area contributed by atoms with Crippen molar-refractivity contribution in [3.63, 3.8) is 0 Å². The summed E-state index contributed by atoms with van der Waals surface area (Å²) in [6.07, 6.45) is 3.21. The Labute approximate surface area is 202 Å². The number of rotatable bonds is 8. The number of amides is 1. The molecule has 4 rings (SSSR count). The van der Waals surface area contributed by atoms with E-state index in [4.69, 9.17) is 9.47 Å². The molecule has 1 N–H and O–H groups in total. The molecule has 7 nitrogen and oxygen atoms in total. The molecule has 1 amide bonds. The SMILES string of the molecule is CCOc1ccc(/C(O)=C2/C(=O)C(=O)N(Cc3cccnc3)C2c2ccc(F)cc2)c(OCC)c1. The molecule has 1 aliphatic heterocycles. The van der Waals surface area contributed by atoms with Crippen LogP contribution in [0.1, 0.15) is 36.6 Å². The van der Waals surface area contributed by atoms with Crippen LogP contribution in [-0.4, -0.2) is 39.9 Å². The van der Waals surface area contributed by atoms with E-state index in [0.29, 0.717) is 35.8 Å². The summed E-state index contributed by atoms with van der Waals surface area (Å²) < 4.78 is 24.9. The molecule has 0 spiro atoms. The van der Waals surface area contributed by atoms with E-state index >= 15 is 0 Å². The average Bonchev–Trinajstić information content (AvgIpc) is 3.10.